The molecule has 1 amide bonds. The second-order valence-electron chi connectivity index (χ2n) is 6.21. The van der Waals surface area contributed by atoms with Crippen molar-refractivity contribution in [2.45, 2.75) is 59.4 Å². The minimum absolute atomic E-state index is 0.0506. The van der Waals surface area contributed by atoms with Gasteiger partial charge >= 0.3 is 0 Å². The highest BCUT2D eigenvalue weighted by Gasteiger charge is 2.34. The predicted octanol–water partition coefficient (Wildman–Crippen LogP) is 3.21. The molecule has 0 atom stereocenters. The van der Waals surface area contributed by atoms with Crippen LogP contribution in [0.2, 0.25) is 0 Å². The van der Waals surface area contributed by atoms with Crippen molar-refractivity contribution in [3.05, 3.63) is 15.4 Å². The maximum absolute atomic E-state index is 12.6. The first-order chi connectivity index (χ1) is 9.98. The van der Waals surface area contributed by atoms with Crippen LogP contribution in [0, 0.1) is 19.3 Å². The standard InChI is InChI=1S/C16H26N2O2S/c1-12-13(2)21-15(18(12)10-11-20-4)17-14(19)16(3)8-6-5-7-9-16/h5-11H2,1-4H3. The van der Waals surface area contributed by atoms with Gasteiger partial charge in [0.05, 0.1) is 6.61 Å². The van der Waals surface area contributed by atoms with E-state index in [0.29, 0.717) is 6.61 Å². The van der Waals surface area contributed by atoms with Crippen LogP contribution < -0.4 is 4.80 Å². The van der Waals surface area contributed by atoms with E-state index in [1.165, 1.54) is 17.0 Å². The highest BCUT2D eigenvalue weighted by molar-refractivity contribution is 7.09. The van der Waals surface area contributed by atoms with Crippen molar-refractivity contribution in [1.82, 2.24) is 4.57 Å². The molecule has 0 saturated heterocycles. The smallest absolute Gasteiger partial charge is 0.254 e. The van der Waals surface area contributed by atoms with E-state index < -0.39 is 0 Å². The molecule has 118 valence electrons. The molecule has 1 aromatic rings. The fourth-order valence-corrected chi connectivity index (χ4v) is 3.90. The molecule has 1 aliphatic rings. The van der Waals surface area contributed by atoms with Gasteiger partial charge in [0.2, 0.25) is 0 Å². The molecule has 0 radical (unpaired) electrons. The summed E-state index contributed by atoms with van der Waals surface area (Å²) in [5.74, 6) is 0.0506. The molecule has 1 fully saturated rings. The summed E-state index contributed by atoms with van der Waals surface area (Å²) < 4.78 is 7.27. The zero-order valence-corrected chi connectivity index (χ0v) is 14.4. The first-order valence-corrected chi connectivity index (χ1v) is 8.54. The number of hydrogen-bond acceptors (Lipinski definition) is 3. The van der Waals surface area contributed by atoms with Gasteiger partial charge < -0.3 is 9.30 Å². The summed E-state index contributed by atoms with van der Waals surface area (Å²) in [5, 5.41) is 0. The zero-order valence-electron chi connectivity index (χ0n) is 13.6. The average molecular weight is 310 g/mol. The molecule has 0 aliphatic heterocycles. The number of ether oxygens (including phenoxy) is 1. The summed E-state index contributed by atoms with van der Waals surface area (Å²) in [5.41, 5.74) is 0.917. The largest absolute Gasteiger partial charge is 0.383 e. The third kappa shape index (κ3) is 3.64. The minimum atomic E-state index is -0.261. The number of nitrogens with zero attached hydrogens (tertiary/aromatic N) is 2. The van der Waals surface area contributed by atoms with Crippen LogP contribution in [0.15, 0.2) is 4.99 Å². The van der Waals surface area contributed by atoms with Crippen molar-refractivity contribution in [3.63, 3.8) is 0 Å². The normalized spacial score (nSPS) is 19.0. The lowest BCUT2D eigenvalue weighted by molar-refractivity contribution is -0.128. The zero-order chi connectivity index (χ0) is 15.5. The summed E-state index contributed by atoms with van der Waals surface area (Å²) in [6.07, 6.45) is 5.47. The fraction of sp³-hybridized carbons (Fsp3) is 0.750. The summed E-state index contributed by atoms with van der Waals surface area (Å²) in [6, 6.07) is 0. The van der Waals surface area contributed by atoms with E-state index in [1.807, 2.05) is 0 Å². The van der Waals surface area contributed by atoms with E-state index >= 15 is 0 Å². The highest BCUT2D eigenvalue weighted by Crippen LogP contribution is 2.36. The van der Waals surface area contributed by atoms with Gasteiger partial charge in [-0.3, -0.25) is 4.79 Å². The summed E-state index contributed by atoms with van der Waals surface area (Å²) in [4.78, 5) is 19.1. The van der Waals surface area contributed by atoms with Crippen LogP contribution in [0.5, 0.6) is 0 Å². The fourth-order valence-electron chi connectivity index (χ4n) is 2.90. The number of hydrogen-bond donors (Lipinski definition) is 0. The molecule has 0 spiro atoms. The van der Waals surface area contributed by atoms with Gasteiger partial charge in [-0.2, -0.15) is 4.99 Å². The topological polar surface area (TPSA) is 43.6 Å². The van der Waals surface area contributed by atoms with Crippen molar-refractivity contribution >= 4 is 17.2 Å². The molecule has 21 heavy (non-hydrogen) atoms. The first kappa shape index (κ1) is 16.4. The summed E-state index contributed by atoms with van der Waals surface area (Å²) in [7, 11) is 1.69. The number of carbonyl (C=O) groups is 1. The van der Waals surface area contributed by atoms with E-state index in [-0.39, 0.29) is 11.3 Å². The van der Waals surface area contributed by atoms with Gasteiger partial charge in [0.1, 0.15) is 0 Å². The molecule has 0 unspecified atom stereocenters. The van der Waals surface area contributed by atoms with Crippen LogP contribution >= 0.6 is 11.3 Å². The number of aromatic nitrogens is 1. The molecule has 5 heteroatoms. The van der Waals surface area contributed by atoms with E-state index in [2.05, 4.69) is 30.3 Å². The van der Waals surface area contributed by atoms with Gasteiger partial charge in [0.25, 0.3) is 5.91 Å². The van der Waals surface area contributed by atoms with Crippen LogP contribution in [-0.2, 0) is 16.1 Å². The summed E-state index contributed by atoms with van der Waals surface area (Å²) >= 11 is 1.60. The molecule has 1 aliphatic carbocycles. The van der Waals surface area contributed by atoms with Crippen molar-refractivity contribution in [2.24, 2.45) is 10.4 Å². The van der Waals surface area contributed by atoms with E-state index in [4.69, 9.17) is 4.74 Å². The Balaban J connectivity index is 2.31. The van der Waals surface area contributed by atoms with E-state index in [9.17, 15) is 4.79 Å². The molecule has 1 heterocycles. The van der Waals surface area contributed by atoms with Crippen molar-refractivity contribution < 1.29 is 9.53 Å². The molecule has 1 aromatic heterocycles. The van der Waals surface area contributed by atoms with Gasteiger partial charge in [0, 0.05) is 29.6 Å². The Hall–Kier alpha value is -0.940. The lowest BCUT2D eigenvalue weighted by Gasteiger charge is -2.29. The Morgan fingerprint density at radius 1 is 1.33 bits per heavy atom. The second kappa shape index (κ2) is 6.88. The predicted molar refractivity (Wildman–Crippen MR) is 85.4 cm³/mol. The number of amides is 1. The van der Waals surface area contributed by atoms with Crippen LogP contribution in [-0.4, -0.2) is 24.2 Å². The van der Waals surface area contributed by atoms with Crippen LogP contribution in [0.4, 0.5) is 0 Å². The first-order valence-electron chi connectivity index (χ1n) is 7.73. The molecular formula is C16H26N2O2S. The molecule has 0 aromatic carbocycles. The SMILES string of the molecule is COCCn1c(C)c(C)sc1=NC(=O)C1(C)CCCCC1. The number of methoxy groups -OCH3 is 1. The van der Waals surface area contributed by atoms with Gasteiger partial charge in [-0.25, -0.2) is 0 Å². The third-order valence-corrected chi connectivity index (χ3v) is 5.68. The van der Waals surface area contributed by atoms with Crippen LogP contribution in [0.1, 0.15) is 49.6 Å². The van der Waals surface area contributed by atoms with Crippen molar-refractivity contribution in [1.29, 1.82) is 0 Å². The van der Waals surface area contributed by atoms with Crippen LogP contribution in [0.3, 0.4) is 0 Å². The molecule has 0 N–H and O–H groups in total. The monoisotopic (exact) mass is 310 g/mol. The quantitative estimate of drug-likeness (QED) is 0.857. The Morgan fingerprint density at radius 2 is 2.00 bits per heavy atom. The molecule has 1 saturated carbocycles. The van der Waals surface area contributed by atoms with Gasteiger partial charge in [-0.15, -0.1) is 11.3 Å². The Kier molecular flexibility index (Phi) is 5.38. The maximum Gasteiger partial charge on any atom is 0.254 e. The number of thiazole rings is 1. The average Bonchev–Trinajstić information content (AvgIpc) is 2.72. The van der Waals surface area contributed by atoms with Crippen LogP contribution in [0.25, 0.3) is 0 Å². The Bertz CT molecular complexity index is 565. The van der Waals surface area contributed by atoms with Gasteiger partial charge in [-0.05, 0) is 26.7 Å². The Morgan fingerprint density at radius 3 is 2.62 bits per heavy atom. The van der Waals surface area contributed by atoms with E-state index in [1.54, 1.807) is 18.4 Å². The number of rotatable bonds is 4. The molecule has 2 rings (SSSR count). The minimum Gasteiger partial charge on any atom is -0.383 e. The lowest BCUT2D eigenvalue weighted by atomic mass is 9.75. The lowest BCUT2D eigenvalue weighted by Crippen LogP contribution is -2.31. The second-order valence-corrected chi connectivity index (χ2v) is 7.39. The number of aryl methyl sites for hydroxylation is 1. The summed E-state index contributed by atoms with van der Waals surface area (Å²) in [6.45, 7) is 7.61. The van der Waals surface area contributed by atoms with Crippen molar-refractivity contribution in [3.8, 4) is 0 Å². The third-order valence-electron chi connectivity index (χ3n) is 4.58. The van der Waals surface area contributed by atoms with Crippen molar-refractivity contribution in [2.75, 3.05) is 13.7 Å². The molecular weight excluding hydrogens is 284 g/mol. The highest BCUT2D eigenvalue weighted by atomic mass is 32.1. The maximum atomic E-state index is 12.6. The van der Waals surface area contributed by atoms with Gasteiger partial charge in [-0.1, -0.05) is 26.2 Å². The Labute approximate surface area is 130 Å². The molecule has 0 bridgehead atoms. The van der Waals surface area contributed by atoms with E-state index in [0.717, 1.165) is 37.0 Å². The number of carbonyl (C=O) groups excluding carboxylic acids is 1. The molecule has 4 nitrogen and oxygen atoms in total. The van der Waals surface area contributed by atoms with Gasteiger partial charge in [0.15, 0.2) is 4.80 Å².